The number of rotatable bonds is 2. The van der Waals surface area contributed by atoms with E-state index in [0.717, 1.165) is 0 Å². The lowest BCUT2D eigenvalue weighted by Gasteiger charge is -2.06. The van der Waals surface area contributed by atoms with E-state index in [1.807, 2.05) is 11.3 Å². The molecule has 0 spiro atoms. The second kappa shape index (κ2) is 5.71. The highest BCUT2D eigenvalue weighted by Crippen LogP contribution is 2.43. The lowest BCUT2D eigenvalue weighted by molar-refractivity contribution is -0.660. The molecule has 2 heterocycles. The zero-order valence-corrected chi connectivity index (χ0v) is 15.4. The fraction of sp³-hybridized carbons (Fsp3) is 0.227. The van der Waals surface area contributed by atoms with Crippen LogP contribution in [0.2, 0.25) is 0 Å². The average molecular weight is 332 g/mol. The zero-order valence-electron chi connectivity index (χ0n) is 14.6. The summed E-state index contributed by atoms with van der Waals surface area (Å²) >= 11 is 1.95. The highest BCUT2D eigenvalue weighted by atomic mass is 32.1. The summed E-state index contributed by atoms with van der Waals surface area (Å²) in [6.07, 6.45) is 2.13. The monoisotopic (exact) mass is 332 g/mol. The van der Waals surface area contributed by atoms with E-state index in [9.17, 15) is 0 Å². The van der Waals surface area contributed by atoms with E-state index in [1.54, 1.807) is 0 Å². The summed E-state index contributed by atoms with van der Waals surface area (Å²) < 4.78 is 5.06. The zero-order chi connectivity index (χ0) is 16.8. The van der Waals surface area contributed by atoms with E-state index >= 15 is 0 Å². The fourth-order valence-electron chi connectivity index (χ4n) is 3.54. The maximum Gasteiger partial charge on any atom is 0.213 e. The molecule has 2 heteroatoms. The van der Waals surface area contributed by atoms with E-state index in [-0.39, 0.29) is 0 Å². The van der Waals surface area contributed by atoms with Crippen molar-refractivity contribution in [3.8, 4) is 11.3 Å². The maximum atomic E-state index is 2.29. The highest BCUT2D eigenvalue weighted by molar-refractivity contribution is 7.26. The molecule has 4 aromatic rings. The van der Waals surface area contributed by atoms with Crippen LogP contribution < -0.4 is 4.57 Å². The fourth-order valence-corrected chi connectivity index (χ4v) is 5.11. The minimum Gasteiger partial charge on any atom is -0.201 e. The Bertz CT molecular complexity index is 1060. The number of benzene rings is 2. The summed E-state index contributed by atoms with van der Waals surface area (Å²) in [5, 5.41) is 2.77. The van der Waals surface area contributed by atoms with Crippen LogP contribution in [0.1, 0.15) is 30.9 Å². The summed E-state index contributed by atoms with van der Waals surface area (Å²) in [6.45, 7) is 6.78. The van der Waals surface area contributed by atoms with Crippen LogP contribution in [0.4, 0.5) is 0 Å². The minimum absolute atomic E-state index is 0.541. The predicted octanol–water partition coefficient (Wildman–Crippen LogP) is 5.98. The van der Waals surface area contributed by atoms with E-state index in [1.165, 1.54) is 42.6 Å². The molecule has 0 saturated heterocycles. The molecule has 0 radical (unpaired) electrons. The van der Waals surface area contributed by atoms with Crippen molar-refractivity contribution in [3.63, 3.8) is 0 Å². The van der Waals surface area contributed by atoms with Crippen LogP contribution in [-0.4, -0.2) is 0 Å². The molecule has 2 aromatic heterocycles. The normalized spacial score (nSPS) is 11.7. The number of pyridine rings is 1. The van der Waals surface area contributed by atoms with Gasteiger partial charge in [0.25, 0.3) is 0 Å². The Hall–Kier alpha value is -2.19. The van der Waals surface area contributed by atoms with Crippen LogP contribution >= 0.6 is 11.3 Å². The molecule has 0 N–H and O–H groups in total. The first-order chi connectivity index (χ1) is 11.6. The van der Waals surface area contributed by atoms with E-state index in [4.69, 9.17) is 0 Å². The largest absolute Gasteiger partial charge is 0.213 e. The third kappa shape index (κ3) is 2.25. The lowest BCUT2D eigenvalue weighted by Crippen LogP contribution is -2.30. The van der Waals surface area contributed by atoms with Crippen LogP contribution in [-0.2, 0) is 7.05 Å². The van der Waals surface area contributed by atoms with Gasteiger partial charge < -0.3 is 0 Å². The number of fused-ring (bicyclic) bond motifs is 3. The number of aryl methyl sites for hydroxylation is 2. The second-order valence-corrected chi connectivity index (χ2v) is 7.83. The molecule has 0 aliphatic rings. The Kier molecular flexibility index (Phi) is 3.65. The molecule has 0 aliphatic carbocycles. The van der Waals surface area contributed by atoms with Crippen molar-refractivity contribution >= 4 is 31.5 Å². The molecule has 0 fully saturated rings. The van der Waals surface area contributed by atoms with Crippen molar-refractivity contribution in [1.29, 1.82) is 0 Å². The summed E-state index contributed by atoms with van der Waals surface area (Å²) in [5.74, 6) is 0.541. The lowest BCUT2D eigenvalue weighted by atomic mass is 9.98. The standard InChI is InChI=1S/C22H22NS/c1-14(2)16-8-7-9-17-18-12-11-15(3)20(22(18)24-21(16)17)19-10-5-6-13-23(19)4/h5-14H,1-4H3/q+1. The Morgan fingerprint density at radius 3 is 2.42 bits per heavy atom. The molecule has 0 bridgehead atoms. The van der Waals surface area contributed by atoms with E-state index in [2.05, 4.69) is 87.1 Å². The first-order valence-corrected chi connectivity index (χ1v) is 9.29. The number of hydrogen-bond acceptors (Lipinski definition) is 1. The van der Waals surface area contributed by atoms with Gasteiger partial charge in [-0.25, -0.2) is 4.57 Å². The average Bonchev–Trinajstić information content (AvgIpc) is 2.94. The number of aromatic nitrogens is 1. The molecular weight excluding hydrogens is 310 g/mol. The van der Waals surface area contributed by atoms with Crippen molar-refractivity contribution in [2.24, 2.45) is 7.05 Å². The summed E-state index contributed by atoms with van der Waals surface area (Å²) in [5.41, 5.74) is 5.43. The minimum atomic E-state index is 0.541. The molecule has 24 heavy (non-hydrogen) atoms. The van der Waals surface area contributed by atoms with Gasteiger partial charge in [-0.1, -0.05) is 44.2 Å². The van der Waals surface area contributed by atoms with Crippen molar-refractivity contribution < 1.29 is 4.57 Å². The SMILES string of the molecule is Cc1ccc2c(sc3c(C(C)C)cccc32)c1-c1cccc[n+]1C. The Labute approximate surface area is 147 Å². The van der Waals surface area contributed by atoms with Gasteiger partial charge >= 0.3 is 0 Å². The first kappa shape index (κ1) is 15.3. The number of nitrogens with zero attached hydrogens (tertiary/aromatic N) is 1. The smallest absolute Gasteiger partial charge is 0.201 e. The van der Waals surface area contributed by atoms with Crippen molar-refractivity contribution in [2.75, 3.05) is 0 Å². The quantitative estimate of drug-likeness (QED) is 0.398. The topological polar surface area (TPSA) is 3.88 Å². The van der Waals surface area contributed by atoms with E-state index in [0.29, 0.717) is 5.92 Å². The summed E-state index contributed by atoms with van der Waals surface area (Å²) in [7, 11) is 2.13. The van der Waals surface area contributed by atoms with Gasteiger partial charge in [0.05, 0.1) is 5.56 Å². The van der Waals surface area contributed by atoms with Crippen molar-refractivity contribution in [3.05, 3.63) is 65.9 Å². The summed E-state index contributed by atoms with van der Waals surface area (Å²) in [4.78, 5) is 0. The van der Waals surface area contributed by atoms with Crippen LogP contribution in [0.3, 0.4) is 0 Å². The van der Waals surface area contributed by atoms with Crippen LogP contribution in [0.25, 0.3) is 31.4 Å². The third-order valence-electron chi connectivity index (χ3n) is 4.84. The molecule has 120 valence electrons. The Morgan fingerprint density at radius 1 is 0.875 bits per heavy atom. The Balaban J connectivity index is 2.15. The molecular formula is C22H22NS+. The molecule has 0 aliphatic heterocycles. The Morgan fingerprint density at radius 2 is 1.67 bits per heavy atom. The molecule has 2 aromatic carbocycles. The third-order valence-corrected chi connectivity index (χ3v) is 6.13. The molecule has 1 nitrogen and oxygen atoms in total. The molecule has 0 atom stereocenters. The molecule has 0 amide bonds. The van der Waals surface area contributed by atoms with Gasteiger partial charge in [-0.2, -0.15) is 0 Å². The number of thiophene rings is 1. The van der Waals surface area contributed by atoms with Gasteiger partial charge in [0.15, 0.2) is 6.20 Å². The molecule has 0 unspecified atom stereocenters. The second-order valence-electron chi connectivity index (χ2n) is 6.81. The van der Waals surface area contributed by atoms with Crippen LogP contribution in [0, 0.1) is 6.92 Å². The molecule has 4 rings (SSSR count). The summed E-state index contributed by atoms with van der Waals surface area (Å²) in [6, 6.07) is 17.7. The van der Waals surface area contributed by atoms with Gasteiger partial charge in [-0.3, -0.25) is 0 Å². The van der Waals surface area contributed by atoms with Crippen molar-refractivity contribution in [2.45, 2.75) is 26.7 Å². The van der Waals surface area contributed by atoms with E-state index < -0.39 is 0 Å². The van der Waals surface area contributed by atoms with Gasteiger partial charge in [-0.15, -0.1) is 11.3 Å². The van der Waals surface area contributed by atoms with Gasteiger partial charge in [0, 0.05) is 32.3 Å². The van der Waals surface area contributed by atoms with Gasteiger partial charge in [-0.05, 0) is 30.0 Å². The van der Waals surface area contributed by atoms with Crippen molar-refractivity contribution in [1.82, 2.24) is 0 Å². The first-order valence-electron chi connectivity index (χ1n) is 8.47. The van der Waals surface area contributed by atoms with Gasteiger partial charge in [0.2, 0.25) is 5.69 Å². The molecule has 0 saturated carbocycles. The number of hydrogen-bond donors (Lipinski definition) is 0. The predicted molar refractivity (Wildman–Crippen MR) is 105 cm³/mol. The van der Waals surface area contributed by atoms with Gasteiger partial charge in [0.1, 0.15) is 7.05 Å². The van der Waals surface area contributed by atoms with Crippen LogP contribution in [0.15, 0.2) is 54.7 Å². The van der Waals surface area contributed by atoms with Crippen LogP contribution in [0.5, 0.6) is 0 Å². The maximum absolute atomic E-state index is 2.29. The highest BCUT2D eigenvalue weighted by Gasteiger charge is 2.19.